The van der Waals surface area contributed by atoms with Gasteiger partial charge in [-0.05, 0) is 42.8 Å². The molecule has 1 amide bonds. The van der Waals surface area contributed by atoms with Crippen molar-refractivity contribution in [1.29, 1.82) is 0 Å². The Hall–Kier alpha value is -2.29. The van der Waals surface area contributed by atoms with Gasteiger partial charge in [-0.1, -0.05) is 23.7 Å². The number of carbonyl (C=O) groups is 1. The number of amides is 1. The summed E-state index contributed by atoms with van der Waals surface area (Å²) in [4.78, 5) is 14.3. The van der Waals surface area contributed by atoms with E-state index in [0.717, 1.165) is 5.56 Å². The van der Waals surface area contributed by atoms with E-state index >= 15 is 0 Å². The lowest BCUT2D eigenvalue weighted by Gasteiger charge is -2.22. The van der Waals surface area contributed by atoms with Gasteiger partial charge in [-0.3, -0.25) is 4.79 Å². The number of methoxy groups -OCH3 is 2. The van der Waals surface area contributed by atoms with Gasteiger partial charge in [-0.2, -0.15) is 0 Å². The molecule has 0 fully saturated rings. The molecular formula is C20H25ClN2O5S. The van der Waals surface area contributed by atoms with Crippen LogP contribution in [0.2, 0.25) is 5.02 Å². The van der Waals surface area contributed by atoms with E-state index in [1.165, 1.54) is 12.1 Å². The molecule has 158 valence electrons. The fourth-order valence-corrected chi connectivity index (χ4v) is 4.08. The quantitative estimate of drug-likeness (QED) is 0.613. The van der Waals surface area contributed by atoms with Crippen LogP contribution in [0.5, 0.6) is 11.5 Å². The van der Waals surface area contributed by atoms with Crippen LogP contribution in [0.25, 0.3) is 0 Å². The van der Waals surface area contributed by atoms with E-state index in [9.17, 15) is 13.2 Å². The molecule has 9 heteroatoms. The number of carbonyl (C=O) groups excluding carboxylic acids is 1. The first-order valence-electron chi connectivity index (χ1n) is 9.04. The Bertz CT molecular complexity index is 950. The third-order valence-corrected chi connectivity index (χ3v) is 5.99. The zero-order valence-corrected chi connectivity index (χ0v) is 18.2. The number of halogens is 1. The average Bonchev–Trinajstić information content (AvgIpc) is 2.71. The summed E-state index contributed by atoms with van der Waals surface area (Å²) in [6.45, 7) is 2.75. The standard InChI is InChI=1S/C20H25ClN2O5S/c1-4-23(14-15-8-9-18(27-2)19(12-15)28-3)20(24)10-11-22-29(25,26)17-7-5-6-16(21)13-17/h5-9,12-13,22H,4,10-11,14H2,1-3H3. The van der Waals surface area contributed by atoms with Crippen LogP contribution < -0.4 is 14.2 Å². The molecule has 0 saturated carbocycles. The maximum atomic E-state index is 12.5. The molecule has 29 heavy (non-hydrogen) atoms. The minimum absolute atomic E-state index is 0.00386. The Morgan fingerprint density at radius 2 is 1.83 bits per heavy atom. The van der Waals surface area contributed by atoms with E-state index in [0.29, 0.717) is 29.6 Å². The molecule has 0 heterocycles. The molecule has 0 aliphatic rings. The fourth-order valence-electron chi connectivity index (χ4n) is 2.74. The average molecular weight is 441 g/mol. The summed E-state index contributed by atoms with van der Waals surface area (Å²) in [6.07, 6.45) is 0.0426. The highest BCUT2D eigenvalue weighted by atomic mass is 35.5. The number of benzene rings is 2. The van der Waals surface area contributed by atoms with E-state index in [2.05, 4.69) is 4.72 Å². The largest absolute Gasteiger partial charge is 0.493 e. The first-order valence-corrected chi connectivity index (χ1v) is 10.9. The van der Waals surface area contributed by atoms with Crippen molar-refractivity contribution < 1.29 is 22.7 Å². The summed E-state index contributed by atoms with van der Waals surface area (Å²) in [5, 5.41) is 0.330. The lowest BCUT2D eigenvalue weighted by molar-refractivity contribution is -0.131. The molecule has 0 radical (unpaired) electrons. The van der Waals surface area contributed by atoms with Crippen LogP contribution in [0.15, 0.2) is 47.4 Å². The van der Waals surface area contributed by atoms with Crippen LogP contribution in [-0.4, -0.2) is 46.5 Å². The van der Waals surface area contributed by atoms with E-state index in [1.54, 1.807) is 37.3 Å². The second kappa shape index (κ2) is 10.5. The molecule has 0 aromatic heterocycles. The summed E-state index contributed by atoms with van der Waals surface area (Å²) in [5.41, 5.74) is 0.886. The summed E-state index contributed by atoms with van der Waals surface area (Å²) in [6, 6.07) is 11.4. The number of ether oxygens (including phenoxy) is 2. The number of sulfonamides is 1. The molecule has 0 atom stereocenters. The molecule has 2 rings (SSSR count). The van der Waals surface area contributed by atoms with Gasteiger partial charge in [0, 0.05) is 31.1 Å². The number of hydrogen-bond donors (Lipinski definition) is 1. The number of nitrogens with one attached hydrogen (secondary N) is 1. The summed E-state index contributed by atoms with van der Waals surface area (Å²) < 4.78 is 37.6. The highest BCUT2D eigenvalue weighted by Gasteiger charge is 2.17. The lowest BCUT2D eigenvalue weighted by atomic mass is 10.1. The molecule has 2 aromatic carbocycles. The van der Waals surface area contributed by atoms with E-state index in [-0.39, 0.29) is 23.8 Å². The fraction of sp³-hybridized carbons (Fsp3) is 0.350. The Morgan fingerprint density at radius 3 is 2.45 bits per heavy atom. The van der Waals surface area contributed by atoms with Crippen molar-refractivity contribution >= 4 is 27.5 Å². The highest BCUT2D eigenvalue weighted by Crippen LogP contribution is 2.28. The minimum Gasteiger partial charge on any atom is -0.493 e. The van der Waals surface area contributed by atoms with Gasteiger partial charge in [0.2, 0.25) is 15.9 Å². The van der Waals surface area contributed by atoms with Crippen LogP contribution >= 0.6 is 11.6 Å². The first-order chi connectivity index (χ1) is 13.8. The third kappa shape index (κ3) is 6.35. The number of rotatable bonds is 10. The van der Waals surface area contributed by atoms with Gasteiger partial charge >= 0.3 is 0 Å². The zero-order valence-electron chi connectivity index (χ0n) is 16.6. The minimum atomic E-state index is -3.72. The van der Waals surface area contributed by atoms with Gasteiger partial charge in [0.05, 0.1) is 19.1 Å². The second-order valence-electron chi connectivity index (χ2n) is 6.20. The SMILES string of the molecule is CCN(Cc1ccc(OC)c(OC)c1)C(=O)CCNS(=O)(=O)c1cccc(Cl)c1. The Kier molecular flexibility index (Phi) is 8.31. The number of nitrogens with zero attached hydrogens (tertiary/aromatic N) is 1. The first kappa shape index (κ1) is 23.0. The van der Waals surface area contributed by atoms with Crippen LogP contribution in [0.4, 0.5) is 0 Å². The lowest BCUT2D eigenvalue weighted by Crippen LogP contribution is -2.34. The molecule has 7 nitrogen and oxygen atoms in total. The predicted octanol–water partition coefficient (Wildman–Crippen LogP) is 3.07. The van der Waals surface area contributed by atoms with Gasteiger partial charge in [-0.25, -0.2) is 13.1 Å². The van der Waals surface area contributed by atoms with Crippen molar-refractivity contribution in [2.45, 2.75) is 24.8 Å². The van der Waals surface area contributed by atoms with Crippen LogP contribution in [-0.2, 0) is 21.4 Å². The van der Waals surface area contributed by atoms with Crippen molar-refractivity contribution in [3.63, 3.8) is 0 Å². The maximum absolute atomic E-state index is 12.5. The smallest absolute Gasteiger partial charge is 0.240 e. The van der Waals surface area contributed by atoms with Gasteiger partial charge in [-0.15, -0.1) is 0 Å². The van der Waals surface area contributed by atoms with Crippen LogP contribution in [0.3, 0.4) is 0 Å². The van der Waals surface area contributed by atoms with Crippen molar-refractivity contribution in [3.05, 3.63) is 53.1 Å². The normalized spacial score (nSPS) is 11.2. The molecule has 0 aliphatic carbocycles. The van der Waals surface area contributed by atoms with Crippen LogP contribution in [0.1, 0.15) is 18.9 Å². The molecular weight excluding hydrogens is 416 g/mol. The highest BCUT2D eigenvalue weighted by molar-refractivity contribution is 7.89. The van der Waals surface area contributed by atoms with Gasteiger partial charge in [0.1, 0.15) is 0 Å². The molecule has 0 bridgehead atoms. The van der Waals surface area contributed by atoms with Crippen molar-refractivity contribution in [1.82, 2.24) is 9.62 Å². The zero-order chi connectivity index (χ0) is 21.4. The van der Waals surface area contributed by atoms with Gasteiger partial charge < -0.3 is 14.4 Å². The van der Waals surface area contributed by atoms with E-state index in [4.69, 9.17) is 21.1 Å². The third-order valence-electron chi connectivity index (χ3n) is 4.29. The van der Waals surface area contributed by atoms with Gasteiger partial charge in [0.15, 0.2) is 11.5 Å². The van der Waals surface area contributed by atoms with Crippen molar-refractivity contribution in [3.8, 4) is 11.5 Å². The van der Waals surface area contributed by atoms with E-state index in [1.807, 2.05) is 19.1 Å². The number of hydrogen-bond acceptors (Lipinski definition) is 5. The van der Waals surface area contributed by atoms with E-state index < -0.39 is 10.0 Å². The van der Waals surface area contributed by atoms with Gasteiger partial charge in [0.25, 0.3) is 0 Å². The van der Waals surface area contributed by atoms with Crippen molar-refractivity contribution in [2.24, 2.45) is 0 Å². The molecule has 0 unspecified atom stereocenters. The molecule has 2 aromatic rings. The second-order valence-corrected chi connectivity index (χ2v) is 8.41. The van der Waals surface area contributed by atoms with Crippen LogP contribution in [0, 0.1) is 0 Å². The summed E-state index contributed by atoms with van der Waals surface area (Å²) in [7, 11) is -0.611. The predicted molar refractivity (Wildman–Crippen MR) is 112 cm³/mol. The Labute approximate surface area is 176 Å². The van der Waals surface area contributed by atoms with Crippen molar-refractivity contribution in [2.75, 3.05) is 27.3 Å². The molecule has 0 spiro atoms. The maximum Gasteiger partial charge on any atom is 0.240 e. The molecule has 1 N–H and O–H groups in total. The topological polar surface area (TPSA) is 84.9 Å². The molecule has 0 saturated heterocycles. The Morgan fingerprint density at radius 1 is 1.10 bits per heavy atom. The molecule has 0 aliphatic heterocycles. The Balaban J connectivity index is 1.96. The monoisotopic (exact) mass is 440 g/mol. The summed E-state index contributed by atoms with van der Waals surface area (Å²) >= 11 is 5.84. The summed E-state index contributed by atoms with van der Waals surface area (Å²) in [5.74, 6) is 1.04.